The van der Waals surface area contributed by atoms with Crippen LogP contribution in [0.25, 0.3) is 0 Å². The monoisotopic (exact) mass is 410 g/mol. The Morgan fingerprint density at radius 2 is 1.83 bits per heavy atom. The number of allylic oxidation sites excluding steroid dienone is 2. The van der Waals surface area contributed by atoms with Gasteiger partial charge in [0.15, 0.2) is 0 Å². The average Bonchev–Trinajstić information content (AvgIpc) is 3.19. The Morgan fingerprint density at radius 3 is 2.50 bits per heavy atom. The van der Waals surface area contributed by atoms with Gasteiger partial charge >= 0.3 is 0 Å². The fourth-order valence-electron chi connectivity index (χ4n) is 4.69. The van der Waals surface area contributed by atoms with Crippen LogP contribution in [0.4, 0.5) is 0 Å². The summed E-state index contributed by atoms with van der Waals surface area (Å²) in [6.45, 7) is 7.61. The standard InChI is InChI=1S/C25H34N2O3/c1-17-24(9-6-10-25(17)30-21-7-4-5-8-21)27-15-23(16-27)29-22-13-11-20(12-14-22)18(2)26-19(3)28/h6,9-14,17-18,21,23,25H,4-5,7-8,15-16H2,1-3H3,(H,26,28). The third kappa shape index (κ3) is 4.89. The van der Waals surface area contributed by atoms with E-state index >= 15 is 0 Å². The van der Waals surface area contributed by atoms with Crippen LogP contribution in [0.15, 0.2) is 48.2 Å². The summed E-state index contributed by atoms with van der Waals surface area (Å²) in [6, 6.07) is 8.03. The molecule has 0 bridgehead atoms. The second kappa shape index (κ2) is 9.25. The molecule has 1 heterocycles. The van der Waals surface area contributed by atoms with Gasteiger partial charge < -0.3 is 19.7 Å². The smallest absolute Gasteiger partial charge is 0.217 e. The predicted octanol–water partition coefficient (Wildman–Crippen LogP) is 4.36. The molecule has 1 aromatic carbocycles. The number of amides is 1. The van der Waals surface area contributed by atoms with Gasteiger partial charge in [-0.3, -0.25) is 4.79 Å². The van der Waals surface area contributed by atoms with Crippen LogP contribution in [0.5, 0.6) is 5.75 Å². The maximum Gasteiger partial charge on any atom is 0.217 e. The van der Waals surface area contributed by atoms with Crippen LogP contribution in [0, 0.1) is 5.92 Å². The molecule has 3 atom stereocenters. The van der Waals surface area contributed by atoms with Crippen LogP contribution in [0.3, 0.4) is 0 Å². The van der Waals surface area contributed by atoms with Crippen molar-refractivity contribution in [3.05, 3.63) is 53.8 Å². The van der Waals surface area contributed by atoms with E-state index in [1.807, 2.05) is 31.2 Å². The summed E-state index contributed by atoms with van der Waals surface area (Å²) < 4.78 is 12.5. The molecule has 0 spiro atoms. The van der Waals surface area contributed by atoms with Crippen LogP contribution in [-0.4, -0.2) is 42.2 Å². The number of nitrogens with one attached hydrogen (secondary N) is 1. The summed E-state index contributed by atoms with van der Waals surface area (Å²) in [5, 5.41) is 2.91. The number of benzene rings is 1. The number of carbonyl (C=O) groups is 1. The van der Waals surface area contributed by atoms with Gasteiger partial charge in [0.1, 0.15) is 11.9 Å². The van der Waals surface area contributed by atoms with E-state index in [1.165, 1.54) is 38.3 Å². The molecule has 2 aliphatic carbocycles. The summed E-state index contributed by atoms with van der Waals surface area (Å²) in [5.74, 6) is 1.24. The van der Waals surface area contributed by atoms with Crippen molar-refractivity contribution >= 4 is 5.91 Å². The molecule has 0 radical (unpaired) electrons. The van der Waals surface area contributed by atoms with Crippen molar-refractivity contribution in [1.82, 2.24) is 10.2 Å². The van der Waals surface area contributed by atoms with Gasteiger partial charge in [0.2, 0.25) is 5.91 Å². The molecule has 1 amide bonds. The second-order valence-electron chi connectivity index (χ2n) is 8.91. The van der Waals surface area contributed by atoms with Crippen molar-refractivity contribution in [2.24, 2.45) is 5.92 Å². The lowest BCUT2D eigenvalue weighted by Crippen LogP contribution is -2.54. The summed E-state index contributed by atoms with van der Waals surface area (Å²) in [5.41, 5.74) is 2.44. The number of likely N-dealkylation sites (tertiary alicyclic amines) is 1. The van der Waals surface area contributed by atoms with Crippen LogP contribution in [0.2, 0.25) is 0 Å². The third-order valence-corrected chi connectivity index (χ3v) is 6.49. The van der Waals surface area contributed by atoms with E-state index in [4.69, 9.17) is 9.47 Å². The Hall–Kier alpha value is -2.27. The summed E-state index contributed by atoms with van der Waals surface area (Å²) in [7, 11) is 0. The van der Waals surface area contributed by atoms with Gasteiger partial charge in [-0.15, -0.1) is 0 Å². The molecule has 1 saturated heterocycles. The first-order valence-electron chi connectivity index (χ1n) is 11.3. The topological polar surface area (TPSA) is 50.8 Å². The molecule has 30 heavy (non-hydrogen) atoms. The van der Waals surface area contributed by atoms with Crippen molar-refractivity contribution < 1.29 is 14.3 Å². The Balaban J connectivity index is 1.26. The van der Waals surface area contributed by atoms with Crippen LogP contribution in [0.1, 0.15) is 58.1 Å². The van der Waals surface area contributed by atoms with Gasteiger partial charge in [-0.05, 0) is 43.5 Å². The quantitative estimate of drug-likeness (QED) is 0.725. The summed E-state index contributed by atoms with van der Waals surface area (Å²) in [6.07, 6.45) is 12.4. The molecule has 4 rings (SSSR count). The largest absolute Gasteiger partial charge is 0.487 e. The van der Waals surface area contributed by atoms with E-state index in [9.17, 15) is 4.79 Å². The first-order valence-corrected chi connectivity index (χ1v) is 11.3. The van der Waals surface area contributed by atoms with Crippen molar-refractivity contribution in [1.29, 1.82) is 0 Å². The Morgan fingerprint density at radius 1 is 1.13 bits per heavy atom. The highest BCUT2D eigenvalue weighted by atomic mass is 16.5. The van der Waals surface area contributed by atoms with Gasteiger partial charge in [0, 0.05) is 18.5 Å². The van der Waals surface area contributed by atoms with Crippen LogP contribution >= 0.6 is 0 Å². The van der Waals surface area contributed by atoms with Crippen LogP contribution in [-0.2, 0) is 9.53 Å². The van der Waals surface area contributed by atoms with Crippen molar-refractivity contribution in [3.8, 4) is 5.75 Å². The van der Waals surface area contributed by atoms with Crippen molar-refractivity contribution in [2.45, 2.75) is 70.8 Å². The molecule has 1 aromatic rings. The zero-order valence-corrected chi connectivity index (χ0v) is 18.3. The Bertz CT molecular complexity index is 789. The Kier molecular flexibility index (Phi) is 6.47. The normalized spacial score (nSPS) is 25.6. The molecular weight excluding hydrogens is 376 g/mol. The highest BCUT2D eigenvalue weighted by molar-refractivity contribution is 5.73. The minimum absolute atomic E-state index is 0.00271. The molecule has 5 nitrogen and oxygen atoms in total. The predicted molar refractivity (Wildman–Crippen MR) is 118 cm³/mol. The van der Waals surface area contributed by atoms with Gasteiger partial charge in [-0.1, -0.05) is 44.1 Å². The Labute approximate surface area is 180 Å². The lowest BCUT2D eigenvalue weighted by atomic mass is 9.92. The number of hydrogen-bond donors (Lipinski definition) is 1. The number of rotatable bonds is 7. The number of carbonyl (C=O) groups excluding carboxylic acids is 1. The molecule has 5 heteroatoms. The highest BCUT2D eigenvalue weighted by Crippen LogP contribution is 2.33. The SMILES string of the molecule is CC(=O)NC(C)c1ccc(OC2CN(C3=CC=CC(OC4CCCC4)C3C)C2)cc1. The first kappa shape index (κ1) is 21.0. The number of hydrogen-bond acceptors (Lipinski definition) is 4. The van der Waals surface area contributed by atoms with Gasteiger partial charge in [-0.25, -0.2) is 0 Å². The lowest BCUT2D eigenvalue weighted by Gasteiger charge is -2.45. The molecule has 3 aliphatic rings. The molecule has 3 unspecified atom stereocenters. The third-order valence-electron chi connectivity index (χ3n) is 6.49. The minimum atomic E-state index is -0.0191. The molecular formula is C25H34N2O3. The maximum absolute atomic E-state index is 11.2. The zero-order chi connectivity index (χ0) is 21.1. The zero-order valence-electron chi connectivity index (χ0n) is 18.3. The van der Waals surface area contributed by atoms with Crippen molar-refractivity contribution in [2.75, 3.05) is 13.1 Å². The molecule has 162 valence electrons. The van der Waals surface area contributed by atoms with E-state index in [2.05, 4.69) is 35.4 Å². The minimum Gasteiger partial charge on any atom is -0.487 e. The van der Waals surface area contributed by atoms with Gasteiger partial charge in [0.05, 0.1) is 31.3 Å². The van der Waals surface area contributed by atoms with Gasteiger partial charge in [0.25, 0.3) is 0 Å². The lowest BCUT2D eigenvalue weighted by molar-refractivity contribution is -0.119. The first-order chi connectivity index (χ1) is 14.5. The average molecular weight is 411 g/mol. The number of nitrogens with zero attached hydrogens (tertiary/aromatic N) is 1. The fourth-order valence-corrected chi connectivity index (χ4v) is 4.69. The fraction of sp³-hybridized carbons (Fsp3) is 0.560. The van der Waals surface area contributed by atoms with E-state index in [0.717, 1.165) is 24.4 Å². The van der Waals surface area contributed by atoms with Crippen molar-refractivity contribution in [3.63, 3.8) is 0 Å². The maximum atomic E-state index is 11.2. The summed E-state index contributed by atoms with van der Waals surface area (Å²) >= 11 is 0. The van der Waals surface area contributed by atoms with Crippen LogP contribution < -0.4 is 10.1 Å². The highest BCUT2D eigenvalue weighted by Gasteiger charge is 2.35. The molecule has 1 saturated carbocycles. The molecule has 1 aliphatic heterocycles. The molecule has 0 aromatic heterocycles. The number of ether oxygens (including phenoxy) is 2. The van der Waals surface area contributed by atoms with E-state index in [-0.39, 0.29) is 24.2 Å². The molecule has 2 fully saturated rings. The van der Waals surface area contributed by atoms with E-state index < -0.39 is 0 Å². The van der Waals surface area contributed by atoms with E-state index in [1.54, 1.807) is 0 Å². The van der Waals surface area contributed by atoms with E-state index in [0.29, 0.717) is 12.0 Å². The van der Waals surface area contributed by atoms with Gasteiger partial charge in [-0.2, -0.15) is 0 Å². The summed E-state index contributed by atoms with van der Waals surface area (Å²) in [4.78, 5) is 13.6. The molecule has 1 N–H and O–H groups in total. The second-order valence-corrected chi connectivity index (χ2v) is 8.91.